The summed E-state index contributed by atoms with van der Waals surface area (Å²) >= 11 is 0. The van der Waals surface area contributed by atoms with Crippen molar-refractivity contribution in [1.29, 1.82) is 0 Å². The molecule has 10 heterocycles. The Morgan fingerprint density at radius 1 is 0.280 bits per heavy atom. The van der Waals surface area contributed by atoms with E-state index in [9.17, 15) is 0 Å². The van der Waals surface area contributed by atoms with E-state index in [2.05, 4.69) is 399 Å². The number of hydrogen-bond acceptors (Lipinski definition) is 8. The Labute approximate surface area is 757 Å². The summed E-state index contributed by atoms with van der Waals surface area (Å²) in [5, 5.41) is 7.82. The average molecular weight is 1690 g/mol. The van der Waals surface area contributed by atoms with Crippen molar-refractivity contribution < 1.29 is 13.7 Å². The van der Waals surface area contributed by atoms with Gasteiger partial charge in [-0.3, -0.25) is 0 Å². The number of rotatable bonds is 5. The van der Waals surface area contributed by atoms with Crippen molar-refractivity contribution in [1.82, 2.24) is 38.2 Å². The molecular weight excluding hydrogens is 1530 g/mol. The standard InChI is InChI=1S/2C19H17N2.C18H18N3.2C14H16N4.13C2H6/c1-14-8-3-5-11-17(14)21-18-12-6-4-9-15(18)16-10-7-13-20(2)19(16)21;1-14-8-7-10-16-15-9-3-4-11-17(15)21(19(14)16)18-12-5-6-13-20(18)2;1-13-7-6-9-15-14-8-4-5-10-16(14)21(17(13)15)18-19(2)11-12-20(18)3;1-10-6-4-5-7-12(10)18-11(2)17(3)14-13(18)8-15-9-16-14;1-10-6-4-5-7-12(10)18-11(2)17(3)13-8-15-9-16-14(13)18;13*1-2/h2*3-13H,1-2H3;4-12H,1-3H3;2*4-9,11H,1-3H3;13*1-2H3/q3*+1;;;;;;;;;;;;;;;/t;;;2*11-;;;;;;;;;;;;;/m...00............./s1. The third-order valence-corrected chi connectivity index (χ3v) is 19.7. The molecule has 0 saturated carbocycles. The molecule has 0 amide bonds. The lowest BCUT2D eigenvalue weighted by atomic mass is 10.1. The lowest BCUT2D eigenvalue weighted by Crippen LogP contribution is -2.36. The van der Waals surface area contributed by atoms with Crippen LogP contribution in [-0.4, -0.2) is 64.6 Å². The lowest BCUT2D eigenvalue weighted by molar-refractivity contribution is -0.665. The molecule has 16 aromatic rings. The Balaban J connectivity index is 0.000000732. The number of aromatic nitrogens is 11. The van der Waals surface area contributed by atoms with Gasteiger partial charge in [0.2, 0.25) is 0 Å². The van der Waals surface area contributed by atoms with Crippen molar-refractivity contribution >= 4 is 99.9 Å². The summed E-state index contributed by atoms with van der Waals surface area (Å²) in [7, 11) is 12.5. The van der Waals surface area contributed by atoms with Crippen LogP contribution in [0.2, 0.25) is 0 Å². The first-order valence-electron chi connectivity index (χ1n) is 46.8. The van der Waals surface area contributed by atoms with E-state index in [4.69, 9.17) is 0 Å². The minimum atomic E-state index is 0.248. The smallest absolute Gasteiger partial charge is 0.350 e. The van der Waals surface area contributed by atoms with Gasteiger partial charge >= 0.3 is 5.95 Å². The minimum Gasteiger partial charge on any atom is -0.350 e. The third kappa shape index (κ3) is 25.6. The maximum Gasteiger partial charge on any atom is 0.369 e. The zero-order valence-electron chi connectivity index (χ0n) is 84.7. The molecule has 2 aliphatic rings. The van der Waals surface area contributed by atoms with Gasteiger partial charge in [0, 0.05) is 58.5 Å². The van der Waals surface area contributed by atoms with E-state index < -0.39 is 0 Å². The van der Waals surface area contributed by atoms with Gasteiger partial charge in [-0.25, -0.2) is 38.2 Å². The highest BCUT2D eigenvalue weighted by Crippen LogP contribution is 2.44. The molecule has 0 spiro atoms. The number of para-hydroxylation sites is 8. The molecule has 125 heavy (non-hydrogen) atoms. The van der Waals surface area contributed by atoms with Crippen LogP contribution in [0, 0.1) is 34.6 Å². The number of anilines is 6. The van der Waals surface area contributed by atoms with E-state index in [0.717, 1.165) is 29.0 Å². The largest absolute Gasteiger partial charge is 0.369 e. The van der Waals surface area contributed by atoms with Gasteiger partial charge in [0.05, 0.1) is 70.8 Å². The molecule has 0 N–H and O–H groups in total. The Hall–Kier alpha value is -12.0. The maximum atomic E-state index is 4.43. The van der Waals surface area contributed by atoms with Gasteiger partial charge in [-0.05, 0) is 149 Å². The molecule has 0 unspecified atom stereocenters. The second-order valence-electron chi connectivity index (χ2n) is 25.9. The van der Waals surface area contributed by atoms with Crippen molar-refractivity contribution in [3.05, 3.63) is 290 Å². The van der Waals surface area contributed by atoms with E-state index in [1.165, 1.54) is 116 Å². The Morgan fingerprint density at radius 2 is 0.632 bits per heavy atom. The number of pyridine rings is 2. The number of fused-ring (bicyclic) bond motifs is 11. The summed E-state index contributed by atoms with van der Waals surface area (Å²) < 4.78 is 15.8. The first-order valence-corrected chi connectivity index (χ1v) is 46.8. The summed E-state index contributed by atoms with van der Waals surface area (Å²) in [6.07, 6.45) is 15.8. The van der Waals surface area contributed by atoms with Crippen molar-refractivity contribution in [2.45, 2.75) is 241 Å². The van der Waals surface area contributed by atoms with E-state index >= 15 is 0 Å². The Morgan fingerprint density at radius 3 is 1.09 bits per heavy atom. The van der Waals surface area contributed by atoms with Gasteiger partial charge in [-0.15, -0.1) is 0 Å². The van der Waals surface area contributed by atoms with Gasteiger partial charge in [0.25, 0.3) is 11.5 Å². The van der Waals surface area contributed by atoms with Crippen LogP contribution in [0.15, 0.2) is 262 Å². The molecule has 18 rings (SSSR count). The molecule has 0 bridgehead atoms. The second kappa shape index (κ2) is 59.8. The third-order valence-electron chi connectivity index (χ3n) is 19.7. The quantitative estimate of drug-likeness (QED) is 0.157. The van der Waals surface area contributed by atoms with Gasteiger partial charge in [0.1, 0.15) is 69.6 Å². The van der Waals surface area contributed by atoms with Crippen LogP contribution < -0.4 is 33.3 Å². The van der Waals surface area contributed by atoms with Crippen molar-refractivity contribution in [2.75, 3.05) is 33.7 Å². The van der Waals surface area contributed by atoms with E-state index in [1.807, 2.05) is 192 Å². The molecule has 0 radical (unpaired) electrons. The van der Waals surface area contributed by atoms with Crippen LogP contribution in [0.3, 0.4) is 0 Å². The van der Waals surface area contributed by atoms with Crippen LogP contribution in [0.4, 0.5) is 34.4 Å². The van der Waals surface area contributed by atoms with Gasteiger partial charge < -0.3 is 19.6 Å². The van der Waals surface area contributed by atoms with Crippen molar-refractivity contribution in [2.24, 2.45) is 28.2 Å². The van der Waals surface area contributed by atoms with E-state index in [0.29, 0.717) is 0 Å². The molecule has 0 aliphatic carbocycles. The molecule has 674 valence electrons. The second-order valence-corrected chi connectivity index (χ2v) is 25.9. The fraction of sp³-hybridized carbons (Fsp3) is 0.373. The molecule has 15 nitrogen and oxygen atoms in total. The number of imidazole rings is 1. The number of nitrogens with zero attached hydrogens (tertiary/aromatic N) is 15. The SMILES string of the molecule is CC.CC.CC.CC.CC.CC.CC.CC.CC.CC.CC.CC.CC.Cc1cccc2c3ccccc3n(-c3cccc[n+]3C)c12.Cc1cccc2c3ccccc3n(-c3n(C)cc[n+]3C)c12.Cc1ccccc1-n1c2ccccc2c2ccc[n+](C)c21.Cc1ccccc1N1c2cncnc2N(C)[C@@H]1C.Cc1ccccc1N1c2ncncc2N(C)[C@@H]1C. The predicted octanol–water partition coefficient (Wildman–Crippen LogP) is 29.9. The molecule has 0 fully saturated rings. The minimum absolute atomic E-state index is 0.248. The van der Waals surface area contributed by atoms with E-state index in [1.54, 1.807) is 12.7 Å². The highest BCUT2D eigenvalue weighted by Gasteiger charge is 2.35. The highest BCUT2D eigenvalue weighted by atomic mass is 15.4. The molecule has 15 heteroatoms. The lowest BCUT2D eigenvalue weighted by Gasteiger charge is -2.28. The molecule has 2 aliphatic heterocycles. The number of benzene rings is 8. The highest BCUT2D eigenvalue weighted by molar-refractivity contribution is 6.11. The van der Waals surface area contributed by atoms with Crippen LogP contribution in [-0.2, 0) is 28.2 Å². The fourth-order valence-electron chi connectivity index (χ4n) is 14.6. The van der Waals surface area contributed by atoms with Crippen LogP contribution in [0.25, 0.3) is 83.0 Å². The first kappa shape index (κ1) is 111. The topological polar surface area (TPSA) is 95.9 Å². The zero-order valence-corrected chi connectivity index (χ0v) is 84.7. The van der Waals surface area contributed by atoms with Crippen molar-refractivity contribution in [3.8, 4) is 17.5 Å². The molecule has 8 aromatic carbocycles. The zero-order chi connectivity index (χ0) is 94.8. The molecule has 8 aromatic heterocycles. The number of aryl methyl sites for hydroxylation is 9. The summed E-state index contributed by atoms with van der Waals surface area (Å²) in [6.45, 7) is 67.1. The monoisotopic (exact) mass is 1690 g/mol. The van der Waals surface area contributed by atoms with Crippen LogP contribution in [0.5, 0.6) is 0 Å². The predicted molar refractivity (Wildman–Crippen MR) is 553 cm³/mol. The molecular formula is C110H162N15+3. The Bertz CT molecular complexity index is 5380. The maximum absolute atomic E-state index is 4.43. The fourth-order valence-corrected chi connectivity index (χ4v) is 14.6. The van der Waals surface area contributed by atoms with Crippen LogP contribution >= 0.6 is 0 Å². The van der Waals surface area contributed by atoms with E-state index in [-0.39, 0.29) is 12.3 Å². The van der Waals surface area contributed by atoms with Crippen LogP contribution in [0.1, 0.15) is 222 Å². The van der Waals surface area contributed by atoms with Gasteiger partial charge in [-0.2, -0.15) is 13.7 Å². The molecule has 2 atom stereocenters. The normalized spacial score (nSPS) is 11.6. The summed E-state index contributed by atoms with van der Waals surface area (Å²) in [5.41, 5.74) is 19.8. The molecule has 0 saturated heterocycles. The van der Waals surface area contributed by atoms with Gasteiger partial charge in [-0.1, -0.05) is 313 Å². The average Bonchev–Trinajstić information content (AvgIpc) is 1.59. The van der Waals surface area contributed by atoms with Crippen molar-refractivity contribution in [3.63, 3.8) is 0 Å². The summed E-state index contributed by atoms with van der Waals surface area (Å²) in [4.78, 5) is 26.0. The first-order chi connectivity index (χ1) is 61.1. The number of hydrogen-bond donors (Lipinski definition) is 0. The Kier molecular flexibility index (Phi) is 53.1. The van der Waals surface area contributed by atoms with Gasteiger partial charge in [0.15, 0.2) is 11.6 Å². The summed E-state index contributed by atoms with van der Waals surface area (Å²) in [5.74, 6) is 4.31. The summed E-state index contributed by atoms with van der Waals surface area (Å²) in [6, 6.07) is 74.9.